The normalized spacial score (nSPS) is 9.90. The fourth-order valence-electron chi connectivity index (χ4n) is 0.740. The summed E-state index contributed by atoms with van der Waals surface area (Å²) in [6.45, 7) is 3.76. The molecule has 0 N–H and O–H groups in total. The zero-order valence-electron chi connectivity index (χ0n) is 6.38. The Labute approximate surface area is 59.3 Å². The molecule has 0 radical (unpaired) electrons. The maximum absolute atomic E-state index is 10.9. The Hall–Kier alpha value is -1.12. The van der Waals surface area contributed by atoms with E-state index >= 15 is 0 Å². The first-order valence-corrected chi connectivity index (χ1v) is 3.12. The molecule has 0 fully saturated rings. The molecule has 0 aromatic carbocycles. The van der Waals surface area contributed by atoms with Gasteiger partial charge in [0.15, 0.2) is 0 Å². The molecule has 0 bridgehead atoms. The number of hydrogen-bond acceptors (Lipinski definition) is 2. The van der Waals surface area contributed by atoms with E-state index in [0.717, 1.165) is 11.4 Å². The predicted octanol–water partition coefficient (Wildman–Crippen LogP) is 0.397. The summed E-state index contributed by atoms with van der Waals surface area (Å²) in [5.41, 5.74) is 1.78. The number of hydrogen-bond donors (Lipinski definition) is 0. The van der Waals surface area contributed by atoms with Gasteiger partial charge in [0.2, 0.25) is 0 Å². The van der Waals surface area contributed by atoms with E-state index in [4.69, 9.17) is 0 Å². The Bertz CT molecular complexity index is 301. The predicted molar refractivity (Wildman–Crippen MR) is 39.0 cm³/mol. The standard InChI is InChI=1S/C7H10N2O/c1-5-6(2)9(3)7(10)4-8-5/h4H,1-3H3. The van der Waals surface area contributed by atoms with Crippen LogP contribution in [0, 0.1) is 13.8 Å². The summed E-state index contributed by atoms with van der Waals surface area (Å²) < 4.78 is 1.59. The molecule has 1 heterocycles. The monoisotopic (exact) mass is 138 g/mol. The number of nitrogens with zero attached hydrogens (tertiary/aromatic N) is 2. The van der Waals surface area contributed by atoms with Crippen molar-refractivity contribution in [1.29, 1.82) is 0 Å². The van der Waals surface area contributed by atoms with Crippen LogP contribution in [0.1, 0.15) is 11.4 Å². The van der Waals surface area contributed by atoms with Crippen molar-refractivity contribution in [2.45, 2.75) is 13.8 Å². The third kappa shape index (κ3) is 0.943. The lowest BCUT2D eigenvalue weighted by atomic mass is 10.3. The molecular weight excluding hydrogens is 128 g/mol. The molecule has 1 aromatic heterocycles. The van der Waals surface area contributed by atoms with Crippen molar-refractivity contribution < 1.29 is 0 Å². The molecule has 0 aliphatic heterocycles. The van der Waals surface area contributed by atoms with Gasteiger partial charge in [-0.25, -0.2) is 0 Å². The van der Waals surface area contributed by atoms with Crippen molar-refractivity contribution in [3.05, 3.63) is 27.9 Å². The minimum Gasteiger partial charge on any atom is -0.313 e. The smallest absolute Gasteiger partial charge is 0.268 e. The van der Waals surface area contributed by atoms with Crippen molar-refractivity contribution >= 4 is 0 Å². The van der Waals surface area contributed by atoms with Crippen LogP contribution in [-0.2, 0) is 7.05 Å². The van der Waals surface area contributed by atoms with E-state index in [-0.39, 0.29) is 5.56 Å². The number of rotatable bonds is 0. The van der Waals surface area contributed by atoms with Gasteiger partial charge >= 0.3 is 0 Å². The van der Waals surface area contributed by atoms with E-state index in [1.54, 1.807) is 11.6 Å². The van der Waals surface area contributed by atoms with Crippen LogP contribution in [0.2, 0.25) is 0 Å². The average Bonchev–Trinajstić information content (AvgIpc) is 1.93. The lowest BCUT2D eigenvalue weighted by molar-refractivity contribution is 0.784. The lowest BCUT2D eigenvalue weighted by Crippen LogP contribution is -2.19. The number of aromatic nitrogens is 2. The molecule has 10 heavy (non-hydrogen) atoms. The quantitative estimate of drug-likeness (QED) is 0.520. The van der Waals surface area contributed by atoms with E-state index in [9.17, 15) is 4.79 Å². The molecule has 0 atom stereocenters. The molecule has 0 saturated carbocycles. The SMILES string of the molecule is Cc1ncc(=O)n(C)c1C. The van der Waals surface area contributed by atoms with Gasteiger partial charge in [-0.1, -0.05) is 0 Å². The lowest BCUT2D eigenvalue weighted by Gasteiger charge is -2.02. The van der Waals surface area contributed by atoms with Crippen molar-refractivity contribution in [2.24, 2.45) is 7.05 Å². The van der Waals surface area contributed by atoms with Crippen LogP contribution in [0.5, 0.6) is 0 Å². The van der Waals surface area contributed by atoms with Gasteiger partial charge < -0.3 is 4.57 Å². The first kappa shape index (κ1) is 6.99. The van der Waals surface area contributed by atoms with Crippen LogP contribution in [0.3, 0.4) is 0 Å². The largest absolute Gasteiger partial charge is 0.313 e. The summed E-state index contributed by atoms with van der Waals surface area (Å²) in [6, 6.07) is 0. The Morgan fingerprint density at radius 2 is 2.10 bits per heavy atom. The summed E-state index contributed by atoms with van der Waals surface area (Å²) >= 11 is 0. The van der Waals surface area contributed by atoms with Crippen molar-refractivity contribution in [2.75, 3.05) is 0 Å². The number of aryl methyl sites for hydroxylation is 1. The van der Waals surface area contributed by atoms with Crippen LogP contribution in [0.15, 0.2) is 11.0 Å². The van der Waals surface area contributed by atoms with Gasteiger partial charge in [-0.3, -0.25) is 9.78 Å². The van der Waals surface area contributed by atoms with E-state index in [2.05, 4.69) is 4.98 Å². The zero-order chi connectivity index (χ0) is 7.72. The molecular formula is C7H10N2O. The van der Waals surface area contributed by atoms with Gasteiger partial charge in [0.25, 0.3) is 5.56 Å². The molecule has 0 aliphatic rings. The van der Waals surface area contributed by atoms with Crippen LogP contribution >= 0.6 is 0 Å². The Morgan fingerprint density at radius 1 is 1.50 bits per heavy atom. The van der Waals surface area contributed by atoms with Gasteiger partial charge in [0.1, 0.15) is 0 Å². The van der Waals surface area contributed by atoms with Crippen LogP contribution in [-0.4, -0.2) is 9.55 Å². The summed E-state index contributed by atoms with van der Waals surface area (Å²) in [7, 11) is 1.74. The molecule has 0 aliphatic carbocycles. The van der Waals surface area contributed by atoms with Crippen LogP contribution < -0.4 is 5.56 Å². The average molecular weight is 138 g/mol. The highest BCUT2D eigenvalue weighted by molar-refractivity contribution is 5.07. The van der Waals surface area contributed by atoms with Gasteiger partial charge in [0, 0.05) is 12.7 Å². The Balaban J connectivity index is 3.49. The fraction of sp³-hybridized carbons (Fsp3) is 0.429. The molecule has 3 heteroatoms. The van der Waals surface area contributed by atoms with E-state index in [0.29, 0.717) is 0 Å². The molecule has 0 amide bonds. The molecule has 0 unspecified atom stereocenters. The molecule has 1 aromatic rings. The summed E-state index contributed by atoms with van der Waals surface area (Å²) in [5.74, 6) is 0. The van der Waals surface area contributed by atoms with Crippen molar-refractivity contribution in [1.82, 2.24) is 9.55 Å². The maximum atomic E-state index is 10.9. The van der Waals surface area contributed by atoms with Crippen molar-refractivity contribution in [3.63, 3.8) is 0 Å². The summed E-state index contributed by atoms with van der Waals surface area (Å²) in [4.78, 5) is 14.8. The maximum Gasteiger partial charge on any atom is 0.268 e. The highest BCUT2D eigenvalue weighted by Gasteiger charge is 1.97. The molecule has 54 valence electrons. The third-order valence-electron chi connectivity index (χ3n) is 1.73. The first-order valence-electron chi connectivity index (χ1n) is 3.12. The molecule has 1 rings (SSSR count). The minimum atomic E-state index is -0.0527. The van der Waals surface area contributed by atoms with Gasteiger partial charge in [0.05, 0.1) is 11.9 Å². The van der Waals surface area contributed by atoms with Gasteiger partial charge in [-0.05, 0) is 13.8 Å². The Kier molecular flexibility index (Phi) is 1.57. The molecule has 0 spiro atoms. The third-order valence-corrected chi connectivity index (χ3v) is 1.73. The second-order valence-electron chi connectivity index (χ2n) is 2.33. The second kappa shape index (κ2) is 2.25. The fourth-order valence-corrected chi connectivity index (χ4v) is 0.740. The summed E-state index contributed by atoms with van der Waals surface area (Å²) in [6.07, 6.45) is 1.34. The first-order chi connectivity index (χ1) is 4.63. The summed E-state index contributed by atoms with van der Waals surface area (Å²) in [5, 5.41) is 0. The van der Waals surface area contributed by atoms with Crippen LogP contribution in [0.4, 0.5) is 0 Å². The highest BCUT2D eigenvalue weighted by Crippen LogP contribution is 1.95. The highest BCUT2D eigenvalue weighted by atomic mass is 16.1. The zero-order valence-corrected chi connectivity index (χ0v) is 6.38. The second-order valence-corrected chi connectivity index (χ2v) is 2.33. The van der Waals surface area contributed by atoms with Crippen molar-refractivity contribution in [3.8, 4) is 0 Å². The van der Waals surface area contributed by atoms with Crippen LogP contribution in [0.25, 0.3) is 0 Å². The van der Waals surface area contributed by atoms with E-state index in [1.165, 1.54) is 6.20 Å². The molecule has 3 nitrogen and oxygen atoms in total. The van der Waals surface area contributed by atoms with Gasteiger partial charge in [-0.2, -0.15) is 0 Å². The topological polar surface area (TPSA) is 34.9 Å². The van der Waals surface area contributed by atoms with Gasteiger partial charge in [-0.15, -0.1) is 0 Å². The van der Waals surface area contributed by atoms with E-state index < -0.39 is 0 Å². The minimum absolute atomic E-state index is 0.0527. The molecule has 0 saturated heterocycles. The Morgan fingerprint density at radius 3 is 2.60 bits per heavy atom. The van der Waals surface area contributed by atoms with E-state index in [1.807, 2.05) is 13.8 Å².